The van der Waals surface area contributed by atoms with E-state index in [4.69, 9.17) is 9.47 Å². The molecule has 22 heavy (non-hydrogen) atoms. The molecular formula is C18H21NO3. The number of Topliss-reactive ketones (excluding diaryl/α,β-unsaturated/α-hetero) is 1. The first kappa shape index (κ1) is 16.4. The molecule has 1 aliphatic heterocycles. The van der Waals surface area contributed by atoms with E-state index in [2.05, 4.69) is 12.6 Å². The summed E-state index contributed by atoms with van der Waals surface area (Å²) in [5.41, 5.74) is 0.627. The molecule has 1 saturated heterocycles. The van der Waals surface area contributed by atoms with Gasteiger partial charge in [0.25, 0.3) is 0 Å². The summed E-state index contributed by atoms with van der Waals surface area (Å²) in [6.07, 6.45) is 1.75. The average molecular weight is 299 g/mol. The molecule has 0 unspecified atom stereocenters. The second-order valence-electron chi connectivity index (χ2n) is 5.95. The third-order valence-electron chi connectivity index (χ3n) is 4.13. The summed E-state index contributed by atoms with van der Waals surface area (Å²) in [5.74, 6) is 0.0988. The van der Waals surface area contributed by atoms with Crippen molar-refractivity contribution in [2.75, 3.05) is 6.61 Å². The van der Waals surface area contributed by atoms with Crippen molar-refractivity contribution in [3.05, 3.63) is 48.0 Å². The fourth-order valence-electron chi connectivity index (χ4n) is 2.61. The van der Waals surface area contributed by atoms with Crippen molar-refractivity contribution in [2.24, 2.45) is 5.41 Å². The lowest BCUT2D eigenvalue weighted by molar-refractivity contribution is -0.238. The zero-order valence-corrected chi connectivity index (χ0v) is 13.0. The molecule has 4 heteroatoms. The Morgan fingerprint density at radius 1 is 1.50 bits per heavy atom. The Kier molecular flexibility index (Phi) is 5.12. The molecule has 116 valence electrons. The van der Waals surface area contributed by atoms with Gasteiger partial charge >= 0.3 is 0 Å². The quantitative estimate of drug-likeness (QED) is 0.780. The summed E-state index contributed by atoms with van der Waals surface area (Å²) in [4.78, 5) is 12.3. The monoisotopic (exact) mass is 299 g/mol. The standard InChI is InChI=1S/C18H21NO3/c1-4-7-15(20)18(2,3)16-10-11-21-17(22-16)14-9-6-5-8-13(14)12-19/h4-6,8-9,16-17H,1,7,10-11H2,2-3H3/t16-,17-/m0/s1. The zero-order valence-electron chi connectivity index (χ0n) is 13.0. The van der Waals surface area contributed by atoms with Crippen molar-refractivity contribution in [2.45, 2.75) is 39.1 Å². The predicted octanol–water partition coefficient (Wildman–Crippen LogP) is 3.53. The highest BCUT2D eigenvalue weighted by atomic mass is 16.7. The summed E-state index contributed by atoms with van der Waals surface area (Å²) >= 11 is 0. The topological polar surface area (TPSA) is 59.3 Å². The molecule has 0 amide bonds. The van der Waals surface area contributed by atoms with Crippen LogP contribution in [0.5, 0.6) is 0 Å². The van der Waals surface area contributed by atoms with Crippen LogP contribution in [0.25, 0.3) is 0 Å². The number of hydrogen-bond donors (Lipinski definition) is 0. The number of benzene rings is 1. The minimum absolute atomic E-state index is 0.0988. The van der Waals surface area contributed by atoms with E-state index < -0.39 is 11.7 Å². The maximum atomic E-state index is 12.3. The zero-order chi connectivity index (χ0) is 16.2. The molecule has 0 bridgehead atoms. The van der Waals surface area contributed by atoms with Crippen LogP contribution in [0.4, 0.5) is 0 Å². The molecule has 0 saturated carbocycles. The van der Waals surface area contributed by atoms with Crippen molar-refractivity contribution >= 4 is 5.78 Å². The first-order chi connectivity index (χ1) is 10.5. The van der Waals surface area contributed by atoms with Gasteiger partial charge in [-0.25, -0.2) is 0 Å². The van der Waals surface area contributed by atoms with Crippen molar-refractivity contribution in [1.29, 1.82) is 5.26 Å². The van der Waals surface area contributed by atoms with Crippen LogP contribution in [0.3, 0.4) is 0 Å². The van der Waals surface area contributed by atoms with Gasteiger partial charge in [0.1, 0.15) is 5.78 Å². The highest BCUT2D eigenvalue weighted by Crippen LogP contribution is 2.37. The summed E-state index contributed by atoms with van der Waals surface area (Å²) in [6, 6.07) is 9.36. The molecule has 1 aromatic rings. The van der Waals surface area contributed by atoms with E-state index in [1.807, 2.05) is 26.0 Å². The van der Waals surface area contributed by atoms with Gasteiger partial charge in [-0.15, -0.1) is 6.58 Å². The Hall–Kier alpha value is -1.96. The van der Waals surface area contributed by atoms with Gasteiger partial charge in [0.15, 0.2) is 6.29 Å². The molecule has 0 spiro atoms. The van der Waals surface area contributed by atoms with Gasteiger partial charge in [0.05, 0.1) is 29.8 Å². The predicted molar refractivity (Wildman–Crippen MR) is 82.9 cm³/mol. The lowest BCUT2D eigenvalue weighted by Crippen LogP contribution is -2.43. The van der Waals surface area contributed by atoms with Crippen LogP contribution in [-0.2, 0) is 14.3 Å². The van der Waals surface area contributed by atoms with Gasteiger partial charge in [0, 0.05) is 12.0 Å². The minimum atomic E-state index is -0.613. The van der Waals surface area contributed by atoms with E-state index in [1.165, 1.54) is 0 Å². The smallest absolute Gasteiger partial charge is 0.185 e. The molecule has 1 heterocycles. The van der Waals surface area contributed by atoms with Crippen LogP contribution in [0, 0.1) is 16.7 Å². The number of nitriles is 1. The molecule has 0 radical (unpaired) electrons. The molecule has 2 rings (SSSR count). The lowest BCUT2D eigenvalue weighted by Gasteiger charge is -2.39. The Bertz CT molecular complexity index is 601. The largest absolute Gasteiger partial charge is 0.348 e. The van der Waals surface area contributed by atoms with E-state index in [0.717, 1.165) is 0 Å². The highest BCUT2D eigenvalue weighted by Gasteiger charge is 2.40. The molecule has 0 aliphatic carbocycles. The van der Waals surface area contributed by atoms with E-state index in [9.17, 15) is 10.1 Å². The van der Waals surface area contributed by atoms with Gasteiger partial charge in [-0.05, 0) is 12.5 Å². The Labute approximate surface area is 131 Å². The Balaban J connectivity index is 2.20. The van der Waals surface area contributed by atoms with Crippen molar-refractivity contribution < 1.29 is 14.3 Å². The van der Waals surface area contributed by atoms with Crippen molar-refractivity contribution in [1.82, 2.24) is 0 Å². The van der Waals surface area contributed by atoms with Crippen molar-refractivity contribution in [3.63, 3.8) is 0 Å². The molecule has 1 fully saturated rings. The highest BCUT2D eigenvalue weighted by molar-refractivity contribution is 5.85. The molecule has 4 nitrogen and oxygen atoms in total. The Morgan fingerprint density at radius 2 is 2.23 bits per heavy atom. The fraction of sp³-hybridized carbons (Fsp3) is 0.444. The molecule has 0 N–H and O–H groups in total. The van der Waals surface area contributed by atoms with E-state index in [1.54, 1.807) is 18.2 Å². The van der Waals surface area contributed by atoms with E-state index >= 15 is 0 Å². The molecule has 2 atom stereocenters. The summed E-state index contributed by atoms with van der Waals surface area (Å²) in [6.45, 7) is 7.90. The first-order valence-electron chi connectivity index (χ1n) is 7.41. The second-order valence-corrected chi connectivity index (χ2v) is 5.95. The third kappa shape index (κ3) is 3.27. The number of ether oxygens (including phenoxy) is 2. The molecular weight excluding hydrogens is 278 g/mol. The number of ketones is 1. The summed E-state index contributed by atoms with van der Waals surface area (Å²) in [7, 11) is 0. The second kappa shape index (κ2) is 6.87. The number of nitrogens with zero attached hydrogens (tertiary/aromatic N) is 1. The lowest BCUT2D eigenvalue weighted by atomic mass is 9.79. The maximum absolute atomic E-state index is 12.3. The number of rotatable bonds is 5. The van der Waals surface area contributed by atoms with Gasteiger partial charge < -0.3 is 9.47 Å². The van der Waals surface area contributed by atoms with Gasteiger partial charge in [0.2, 0.25) is 0 Å². The third-order valence-corrected chi connectivity index (χ3v) is 4.13. The van der Waals surface area contributed by atoms with E-state index in [0.29, 0.717) is 30.6 Å². The minimum Gasteiger partial charge on any atom is -0.348 e. The average Bonchev–Trinajstić information content (AvgIpc) is 2.55. The van der Waals surface area contributed by atoms with Crippen LogP contribution in [-0.4, -0.2) is 18.5 Å². The number of carbonyl (C=O) groups is 1. The van der Waals surface area contributed by atoms with E-state index in [-0.39, 0.29) is 11.9 Å². The SMILES string of the molecule is C=CCC(=O)C(C)(C)[C@@H]1CCO[C@H](c2ccccc2C#N)O1. The normalized spacial score (nSPS) is 21.9. The summed E-state index contributed by atoms with van der Waals surface area (Å²) < 4.78 is 11.7. The van der Waals surface area contributed by atoms with Crippen LogP contribution >= 0.6 is 0 Å². The van der Waals surface area contributed by atoms with Gasteiger partial charge in [-0.2, -0.15) is 5.26 Å². The van der Waals surface area contributed by atoms with Crippen molar-refractivity contribution in [3.8, 4) is 6.07 Å². The fourth-order valence-corrected chi connectivity index (χ4v) is 2.61. The Morgan fingerprint density at radius 3 is 2.91 bits per heavy atom. The molecule has 0 aromatic heterocycles. The maximum Gasteiger partial charge on any atom is 0.185 e. The first-order valence-corrected chi connectivity index (χ1v) is 7.41. The number of hydrogen-bond acceptors (Lipinski definition) is 4. The van der Waals surface area contributed by atoms with Crippen LogP contribution in [0.1, 0.15) is 44.1 Å². The van der Waals surface area contributed by atoms with Crippen LogP contribution in [0.15, 0.2) is 36.9 Å². The van der Waals surface area contributed by atoms with Gasteiger partial charge in [-0.3, -0.25) is 4.79 Å². The summed E-state index contributed by atoms with van der Waals surface area (Å²) in [5, 5.41) is 9.21. The molecule has 1 aliphatic rings. The number of carbonyl (C=O) groups excluding carboxylic acids is 1. The van der Waals surface area contributed by atoms with Crippen LogP contribution in [0.2, 0.25) is 0 Å². The van der Waals surface area contributed by atoms with Crippen LogP contribution < -0.4 is 0 Å². The number of allylic oxidation sites excluding steroid dienone is 1. The van der Waals surface area contributed by atoms with Gasteiger partial charge in [-0.1, -0.05) is 38.1 Å². The molecule has 1 aromatic carbocycles.